The minimum absolute atomic E-state index is 0.0777. The molecule has 3 N–H and O–H groups in total. The van der Waals surface area contributed by atoms with E-state index < -0.39 is 42.3 Å². The van der Waals surface area contributed by atoms with Crippen molar-refractivity contribution < 1.29 is 39.0 Å². The quantitative estimate of drug-likeness (QED) is 0.0937. The average molecular weight is 516 g/mol. The van der Waals surface area contributed by atoms with Crippen molar-refractivity contribution in [1.82, 2.24) is 5.48 Å². The first kappa shape index (κ1) is 33.8. The second kappa shape index (κ2) is 22.1. The van der Waals surface area contributed by atoms with Crippen molar-refractivity contribution in [2.45, 2.75) is 141 Å². The van der Waals surface area contributed by atoms with Gasteiger partial charge in [0.15, 0.2) is 5.60 Å². The maximum atomic E-state index is 11.9. The van der Waals surface area contributed by atoms with Crippen LogP contribution in [0, 0.1) is 0 Å². The van der Waals surface area contributed by atoms with E-state index in [1.54, 1.807) is 6.92 Å². The standard InChI is InChI=1S/C27H49NO8/c1-3-5-6-7-8-9-10-11-12-13-14-15-16-17-18-19-23(29)28-36-25(31)22-27(34,26(32)33)21-24(30)35-20-4-2/h34H,3-22H2,1-2H3,(H,28,29)(H,32,33). The molecule has 0 heterocycles. The summed E-state index contributed by atoms with van der Waals surface area (Å²) in [5, 5.41) is 19.3. The number of rotatable bonds is 23. The van der Waals surface area contributed by atoms with Crippen molar-refractivity contribution in [3.63, 3.8) is 0 Å². The van der Waals surface area contributed by atoms with Crippen LogP contribution >= 0.6 is 0 Å². The Kier molecular flexibility index (Phi) is 20.7. The molecule has 0 aliphatic carbocycles. The number of unbranched alkanes of at least 4 members (excludes halogenated alkanes) is 14. The highest BCUT2D eigenvalue weighted by molar-refractivity contribution is 5.89. The van der Waals surface area contributed by atoms with Crippen LogP contribution in [0.25, 0.3) is 0 Å². The Morgan fingerprint density at radius 2 is 1.11 bits per heavy atom. The normalized spacial score (nSPS) is 12.5. The number of aliphatic hydroxyl groups is 1. The van der Waals surface area contributed by atoms with E-state index in [4.69, 9.17) is 4.74 Å². The van der Waals surface area contributed by atoms with Gasteiger partial charge in [-0.05, 0) is 12.8 Å². The number of esters is 1. The van der Waals surface area contributed by atoms with Crippen LogP contribution < -0.4 is 5.48 Å². The Morgan fingerprint density at radius 3 is 1.56 bits per heavy atom. The van der Waals surface area contributed by atoms with Gasteiger partial charge in [-0.3, -0.25) is 9.59 Å². The van der Waals surface area contributed by atoms with Crippen molar-refractivity contribution in [2.75, 3.05) is 6.61 Å². The third-order valence-corrected chi connectivity index (χ3v) is 6.02. The summed E-state index contributed by atoms with van der Waals surface area (Å²) in [5.41, 5.74) is -0.693. The molecule has 0 aliphatic heterocycles. The Morgan fingerprint density at radius 1 is 0.667 bits per heavy atom. The number of nitrogens with one attached hydrogen (secondary N) is 1. The third-order valence-electron chi connectivity index (χ3n) is 6.02. The molecule has 210 valence electrons. The molecular weight excluding hydrogens is 466 g/mol. The summed E-state index contributed by atoms with van der Waals surface area (Å²) >= 11 is 0. The van der Waals surface area contributed by atoms with Gasteiger partial charge in [-0.15, -0.1) is 0 Å². The Bertz CT molecular complexity index is 625. The molecule has 36 heavy (non-hydrogen) atoms. The highest BCUT2D eigenvalue weighted by atomic mass is 16.7. The summed E-state index contributed by atoms with van der Waals surface area (Å²) in [4.78, 5) is 51.2. The van der Waals surface area contributed by atoms with Gasteiger partial charge >= 0.3 is 17.9 Å². The van der Waals surface area contributed by atoms with Crippen LogP contribution in [0.2, 0.25) is 0 Å². The molecule has 0 aromatic carbocycles. The molecular formula is C27H49NO8. The van der Waals surface area contributed by atoms with Crippen molar-refractivity contribution in [3.8, 4) is 0 Å². The van der Waals surface area contributed by atoms with Gasteiger partial charge in [0, 0.05) is 6.42 Å². The van der Waals surface area contributed by atoms with Gasteiger partial charge in [-0.1, -0.05) is 104 Å². The van der Waals surface area contributed by atoms with E-state index in [-0.39, 0.29) is 13.0 Å². The van der Waals surface area contributed by atoms with Crippen molar-refractivity contribution in [3.05, 3.63) is 0 Å². The molecule has 0 fully saturated rings. The fraction of sp³-hybridized carbons (Fsp3) is 0.852. The molecule has 0 rings (SSSR count). The van der Waals surface area contributed by atoms with Crippen molar-refractivity contribution in [2.24, 2.45) is 0 Å². The van der Waals surface area contributed by atoms with Crippen molar-refractivity contribution >= 4 is 23.8 Å². The van der Waals surface area contributed by atoms with E-state index in [0.29, 0.717) is 12.8 Å². The van der Waals surface area contributed by atoms with E-state index in [1.807, 2.05) is 5.48 Å². The second-order valence-corrected chi connectivity index (χ2v) is 9.61. The van der Waals surface area contributed by atoms with Crippen LogP contribution in [0.1, 0.15) is 136 Å². The zero-order chi connectivity index (χ0) is 27.1. The number of ether oxygens (including phenoxy) is 1. The van der Waals surface area contributed by atoms with Gasteiger partial charge in [-0.2, -0.15) is 5.48 Å². The highest BCUT2D eigenvalue weighted by Gasteiger charge is 2.42. The lowest BCUT2D eigenvalue weighted by molar-refractivity contribution is -0.176. The largest absolute Gasteiger partial charge is 0.479 e. The van der Waals surface area contributed by atoms with Gasteiger partial charge in [0.25, 0.3) is 5.91 Å². The van der Waals surface area contributed by atoms with Crippen LogP contribution in [0.5, 0.6) is 0 Å². The molecule has 1 amide bonds. The molecule has 0 saturated heterocycles. The van der Waals surface area contributed by atoms with Crippen LogP contribution in [0.4, 0.5) is 0 Å². The number of hydroxylamine groups is 1. The number of carboxylic acids is 1. The van der Waals surface area contributed by atoms with Crippen LogP contribution in [-0.4, -0.2) is 46.2 Å². The maximum absolute atomic E-state index is 11.9. The van der Waals surface area contributed by atoms with Gasteiger partial charge in [-0.25, -0.2) is 9.59 Å². The molecule has 0 spiro atoms. The summed E-state index contributed by atoms with van der Waals surface area (Å²) < 4.78 is 4.75. The smallest absolute Gasteiger partial charge is 0.336 e. The first-order valence-electron chi connectivity index (χ1n) is 13.8. The number of carbonyl (C=O) groups excluding carboxylic acids is 3. The molecule has 0 aliphatic rings. The van der Waals surface area contributed by atoms with E-state index >= 15 is 0 Å². The third kappa shape index (κ3) is 19.1. The minimum Gasteiger partial charge on any atom is -0.479 e. The fourth-order valence-electron chi connectivity index (χ4n) is 3.82. The molecule has 0 bridgehead atoms. The summed E-state index contributed by atoms with van der Waals surface area (Å²) in [6.45, 7) is 4.08. The molecule has 0 aromatic rings. The molecule has 0 saturated carbocycles. The van der Waals surface area contributed by atoms with E-state index in [0.717, 1.165) is 19.3 Å². The highest BCUT2D eigenvalue weighted by Crippen LogP contribution is 2.18. The maximum Gasteiger partial charge on any atom is 0.336 e. The van der Waals surface area contributed by atoms with E-state index in [1.165, 1.54) is 70.6 Å². The number of carbonyl (C=O) groups is 4. The summed E-state index contributed by atoms with van der Waals surface area (Å²) in [5.74, 6) is -4.35. The summed E-state index contributed by atoms with van der Waals surface area (Å²) in [7, 11) is 0. The summed E-state index contributed by atoms with van der Waals surface area (Å²) in [6.07, 6.45) is 17.1. The van der Waals surface area contributed by atoms with Gasteiger partial charge < -0.3 is 19.8 Å². The lowest BCUT2D eigenvalue weighted by Crippen LogP contribution is -2.44. The second-order valence-electron chi connectivity index (χ2n) is 9.61. The van der Waals surface area contributed by atoms with Crippen molar-refractivity contribution in [1.29, 1.82) is 0 Å². The topological polar surface area (TPSA) is 139 Å². The zero-order valence-corrected chi connectivity index (χ0v) is 22.5. The van der Waals surface area contributed by atoms with Gasteiger partial charge in [0.05, 0.1) is 19.4 Å². The number of amides is 1. The Hall–Kier alpha value is -2.16. The van der Waals surface area contributed by atoms with Crippen LogP contribution in [0.3, 0.4) is 0 Å². The molecule has 0 radical (unpaired) electrons. The molecule has 9 nitrogen and oxygen atoms in total. The molecule has 0 aromatic heterocycles. The van der Waals surface area contributed by atoms with Crippen LogP contribution in [-0.2, 0) is 28.8 Å². The monoisotopic (exact) mass is 515 g/mol. The van der Waals surface area contributed by atoms with Gasteiger partial charge in [0.1, 0.15) is 0 Å². The average Bonchev–Trinajstić information content (AvgIpc) is 2.83. The lowest BCUT2D eigenvalue weighted by Gasteiger charge is -2.21. The molecule has 9 heteroatoms. The number of hydrogen-bond acceptors (Lipinski definition) is 7. The summed E-state index contributed by atoms with van der Waals surface area (Å²) in [6, 6.07) is 0. The number of carboxylic acid groups (broad SMARTS) is 1. The van der Waals surface area contributed by atoms with E-state index in [2.05, 4.69) is 11.8 Å². The molecule has 1 atom stereocenters. The predicted molar refractivity (Wildman–Crippen MR) is 137 cm³/mol. The first-order chi connectivity index (χ1) is 17.2. The Labute approximate surface area is 216 Å². The molecule has 1 unspecified atom stereocenters. The number of aliphatic carboxylic acids is 1. The minimum atomic E-state index is -2.67. The first-order valence-corrected chi connectivity index (χ1v) is 13.8. The SMILES string of the molecule is CCCCCCCCCCCCCCCCCC(=O)NOC(=O)CC(O)(CC(=O)OCCC)C(=O)O. The fourth-order valence-corrected chi connectivity index (χ4v) is 3.82. The van der Waals surface area contributed by atoms with Gasteiger partial charge in [0.2, 0.25) is 0 Å². The lowest BCUT2D eigenvalue weighted by atomic mass is 9.96. The Balaban J connectivity index is 3.78. The number of hydrogen-bond donors (Lipinski definition) is 3. The predicted octanol–water partition coefficient (Wildman–Crippen LogP) is 5.37. The van der Waals surface area contributed by atoms with Crippen LogP contribution in [0.15, 0.2) is 0 Å². The van der Waals surface area contributed by atoms with E-state index in [9.17, 15) is 29.4 Å². The zero-order valence-electron chi connectivity index (χ0n) is 22.5.